The fourth-order valence-corrected chi connectivity index (χ4v) is 1.03. The van der Waals surface area contributed by atoms with Gasteiger partial charge in [-0.25, -0.2) is 4.98 Å². The van der Waals surface area contributed by atoms with Crippen molar-refractivity contribution in [2.45, 2.75) is 13.0 Å². The first kappa shape index (κ1) is 7.75. The van der Waals surface area contributed by atoms with Gasteiger partial charge in [0, 0.05) is 41.6 Å². The normalized spacial score (nSPS) is 10.1. The lowest BCUT2D eigenvalue weighted by Crippen LogP contribution is -2.04. The fourth-order valence-electron chi connectivity index (χ4n) is 0.747. The molecular formula is C6H10BrN3. The molecule has 0 bridgehead atoms. The summed E-state index contributed by atoms with van der Waals surface area (Å²) in [7, 11) is 0. The highest BCUT2D eigenvalue weighted by molar-refractivity contribution is 9.08. The molecule has 0 radical (unpaired) electrons. The first-order valence-electron chi connectivity index (χ1n) is 3.22. The van der Waals surface area contributed by atoms with Gasteiger partial charge in [-0.1, -0.05) is 0 Å². The van der Waals surface area contributed by atoms with E-state index in [9.17, 15) is 0 Å². The number of imidazole rings is 1. The Kier molecular flexibility index (Phi) is 3.46. The molecule has 0 unspecified atom stereocenters. The third-order valence-electron chi connectivity index (χ3n) is 1.25. The first-order chi connectivity index (χ1) is 4.93. The standard InChI is InChI=1S/C6H10BrN3/c7-9-2-1-4-10-5-3-8-6-10/h3,5-6,9H,1-2,4H2. The van der Waals surface area contributed by atoms with E-state index in [2.05, 4.69) is 30.0 Å². The summed E-state index contributed by atoms with van der Waals surface area (Å²) >= 11 is 3.14. The van der Waals surface area contributed by atoms with E-state index in [0.717, 1.165) is 19.5 Å². The molecule has 1 heterocycles. The molecule has 0 amide bonds. The SMILES string of the molecule is BrNCCCn1ccnc1. The molecule has 0 aliphatic rings. The lowest BCUT2D eigenvalue weighted by Gasteiger charge is -1.98. The second-order valence-electron chi connectivity index (χ2n) is 2.04. The number of hydrogen-bond acceptors (Lipinski definition) is 2. The minimum Gasteiger partial charge on any atom is -0.337 e. The third-order valence-corrected chi connectivity index (χ3v) is 1.64. The van der Waals surface area contributed by atoms with Crippen molar-refractivity contribution in [3.8, 4) is 0 Å². The summed E-state index contributed by atoms with van der Waals surface area (Å²) < 4.78 is 4.97. The summed E-state index contributed by atoms with van der Waals surface area (Å²) in [4.78, 5) is 3.93. The summed E-state index contributed by atoms with van der Waals surface area (Å²) in [5.41, 5.74) is 0. The van der Waals surface area contributed by atoms with Crippen LogP contribution >= 0.6 is 16.1 Å². The van der Waals surface area contributed by atoms with Crippen LogP contribution in [-0.2, 0) is 6.54 Å². The maximum absolute atomic E-state index is 3.93. The van der Waals surface area contributed by atoms with Crippen molar-refractivity contribution in [1.29, 1.82) is 0 Å². The van der Waals surface area contributed by atoms with Crippen LogP contribution in [0, 0.1) is 0 Å². The number of aryl methyl sites for hydroxylation is 1. The van der Waals surface area contributed by atoms with Gasteiger partial charge in [0.25, 0.3) is 0 Å². The minimum atomic E-state index is 0.984. The smallest absolute Gasteiger partial charge is 0.0945 e. The van der Waals surface area contributed by atoms with Crippen LogP contribution in [0.3, 0.4) is 0 Å². The highest BCUT2D eigenvalue weighted by Gasteiger charge is 1.87. The van der Waals surface area contributed by atoms with E-state index in [1.807, 2.05) is 12.5 Å². The van der Waals surface area contributed by atoms with Gasteiger partial charge in [0.15, 0.2) is 0 Å². The van der Waals surface area contributed by atoms with Crippen molar-refractivity contribution in [3.63, 3.8) is 0 Å². The quantitative estimate of drug-likeness (QED) is 0.589. The molecule has 0 spiro atoms. The van der Waals surface area contributed by atoms with Crippen LogP contribution in [0.2, 0.25) is 0 Å². The molecule has 1 aromatic rings. The highest BCUT2D eigenvalue weighted by Crippen LogP contribution is 1.89. The molecule has 0 aliphatic heterocycles. The molecule has 0 aliphatic carbocycles. The van der Waals surface area contributed by atoms with Crippen molar-refractivity contribution < 1.29 is 0 Å². The molecule has 56 valence electrons. The minimum absolute atomic E-state index is 0.984. The Balaban J connectivity index is 2.15. The molecule has 0 atom stereocenters. The van der Waals surface area contributed by atoms with E-state index < -0.39 is 0 Å². The van der Waals surface area contributed by atoms with E-state index in [1.54, 1.807) is 6.20 Å². The molecule has 0 fully saturated rings. The molecule has 10 heavy (non-hydrogen) atoms. The van der Waals surface area contributed by atoms with Crippen molar-refractivity contribution in [3.05, 3.63) is 18.7 Å². The number of nitrogens with zero attached hydrogens (tertiary/aromatic N) is 2. The van der Waals surface area contributed by atoms with Crippen LogP contribution in [-0.4, -0.2) is 16.1 Å². The number of rotatable bonds is 4. The number of hydrogen-bond donors (Lipinski definition) is 1. The van der Waals surface area contributed by atoms with Gasteiger partial charge < -0.3 is 4.57 Å². The average molecular weight is 204 g/mol. The van der Waals surface area contributed by atoms with Crippen molar-refractivity contribution in [1.82, 2.24) is 13.9 Å². The Hall–Kier alpha value is -0.350. The van der Waals surface area contributed by atoms with Gasteiger partial charge >= 0.3 is 0 Å². The molecule has 0 saturated heterocycles. The summed E-state index contributed by atoms with van der Waals surface area (Å²) in [5.74, 6) is 0. The Labute approximate surface area is 68.8 Å². The second-order valence-corrected chi connectivity index (χ2v) is 2.60. The van der Waals surface area contributed by atoms with E-state index in [0.29, 0.717) is 0 Å². The molecule has 0 saturated carbocycles. The van der Waals surface area contributed by atoms with Crippen LogP contribution in [0.5, 0.6) is 0 Å². The zero-order chi connectivity index (χ0) is 7.23. The van der Waals surface area contributed by atoms with Crippen LogP contribution in [0.25, 0.3) is 0 Å². The van der Waals surface area contributed by atoms with Crippen LogP contribution in [0.4, 0.5) is 0 Å². The molecular weight excluding hydrogens is 194 g/mol. The monoisotopic (exact) mass is 203 g/mol. The summed E-state index contributed by atoms with van der Waals surface area (Å²) in [6, 6.07) is 0. The van der Waals surface area contributed by atoms with Gasteiger partial charge in [-0.05, 0) is 6.42 Å². The highest BCUT2D eigenvalue weighted by atomic mass is 79.9. The van der Waals surface area contributed by atoms with Gasteiger partial charge in [-0.15, -0.1) is 0 Å². The summed E-state index contributed by atoms with van der Waals surface area (Å²) in [6.45, 7) is 2.01. The van der Waals surface area contributed by atoms with Crippen molar-refractivity contribution >= 4 is 16.1 Å². The average Bonchev–Trinajstić information content (AvgIpc) is 2.41. The molecule has 1 rings (SSSR count). The van der Waals surface area contributed by atoms with Crippen LogP contribution in [0.15, 0.2) is 18.7 Å². The van der Waals surface area contributed by atoms with Crippen molar-refractivity contribution in [2.75, 3.05) is 6.54 Å². The third kappa shape index (κ3) is 2.49. The van der Waals surface area contributed by atoms with Crippen LogP contribution < -0.4 is 4.34 Å². The lowest BCUT2D eigenvalue weighted by atomic mass is 10.4. The molecule has 0 aromatic carbocycles. The topological polar surface area (TPSA) is 29.9 Å². The lowest BCUT2D eigenvalue weighted by molar-refractivity contribution is 0.641. The van der Waals surface area contributed by atoms with Gasteiger partial charge in [-0.2, -0.15) is 0 Å². The Morgan fingerprint density at radius 2 is 2.50 bits per heavy atom. The largest absolute Gasteiger partial charge is 0.337 e. The second kappa shape index (κ2) is 4.46. The van der Waals surface area contributed by atoms with Crippen LogP contribution in [0.1, 0.15) is 6.42 Å². The molecule has 1 N–H and O–H groups in total. The maximum atomic E-state index is 3.93. The number of halogens is 1. The van der Waals surface area contributed by atoms with E-state index >= 15 is 0 Å². The Morgan fingerprint density at radius 1 is 1.60 bits per heavy atom. The van der Waals surface area contributed by atoms with E-state index in [4.69, 9.17) is 0 Å². The molecule has 3 nitrogen and oxygen atoms in total. The summed E-state index contributed by atoms with van der Waals surface area (Å²) in [6.07, 6.45) is 6.70. The molecule has 4 heteroatoms. The zero-order valence-electron chi connectivity index (χ0n) is 5.63. The Bertz CT molecular complexity index is 162. The first-order valence-corrected chi connectivity index (χ1v) is 4.02. The fraction of sp³-hybridized carbons (Fsp3) is 0.500. The van der Waals surface area contributed by atoms with Crippen molar-refractivity contribution in [2.24, 2.45) is 0 Å². The number of nitrogens with one attached hydrogen (secondary N) is 1. The maximum Gasteiger partial charge on any atom is 0.0945 e. The number of aromatic nitrogens is 2. The predicted octanol–water partition coefficient (Wildman–Crippen LogP) is 1.17. The van der Waals surface area contributed by atoms with E-state index in [-0.39, 0.29) is 0 Å². The summed E-state index contributed by atoms with van der Waals surface area (Å²) in [5, 5.41) is 0. The van der Waals surface area contributed by atoms with Gasteiger partial charge in [0.05, 0.1) is 6.33 Å². The Morgan fingerprint density at radius 3 is 3.10 bits per heavy atom. The van der Waals surface area contributed by atoms with Gasteiger partial charge in [0.1, 0.15) is 0 Å². The molecule has 1 aromatic heterocycles. The van der Waals surface area contributed by atoms with Gasteiger partial charge in [0.2, 0.25) is 0 Å². The van der Waals surface area contributed by atoms with E-state index in [1.165, 1.54) is 0 Å². The predicted molar refractivity (Wildman–Crippen MR) is 43.8 cm³/mol. The zero-order valence-corrected chi connectivity index (χ0v) is 7.21. The van der Waals surface area contributed by atoms with Gasteiger partial charge in [-0.3, -0.25) is 4.34 Å².